The van der Waals surface area contributed by atoms with Crippen LogP contribution in [0.2, 0.25) is 0 Å². The number of anilines is 2. The fourth-order valence-corrected chi connectivity index (χ4v) is 2.83. The summed E-state index contributed by atoms with van der Waals surface area (Å²) in [6.07, 6.45) is -8.06. The predicted octanol–water partition coefficient (Wildman–Crippen LogP) is 2.34. The summed E-state index contributed by atoms with van der Waals surface area (Å²) >= 11 is 0. The maximum atomic E-state index is 13.5. The Balaban J connectivity index is 1.83. The van der Waals surface area contributed by atoms with Crippen molar-refractivity contribution in [1.29, 1.82) is 0 Å². The molecular weight excluding hydrogens is 387 g/mol. The van der Waals surface area contributed by atoms with Crippen LogP contribution < -0.4 is 15.1 Å². The molecule has 2 heterocycles. The molecule has 0 spiro atoms. The van der Waals surface area contributed by atoms with Gasteiger partial charge in [-0.15, -0.1) is 0 Å². The van der Waals surface area contributed by atoms with Crippen LogP contribution in [0, 0.1) is 0 Å². The first-order chi connectivity index (χ1) is 13.2. The fraction of sp³-hybridized carbons (Fsp3) is 0.438. The normalized spacial score (nSPS) is 19.5. The number of nitrogens with zero attached hydrogens (tertiary/aromatic N) is 2. The van der Waals surface area contributed by atoms with E-state index in [0.717, 1.165) is 21.9 Å². The lowest BCUT2D eigenvalue weighted by atomic mass is 10.1. The molecule has 1 atom stereocenters. The lowest BCUT2D eigenvalue weighted by Gasteiger charge is -2.22. The maximum Gasteiger partial charge on any atom is 0.418 e. The van der Waals surface area contributed by atoms with Crippen molar-refractivity contribution in [3.8, 4) is 0 Å². The molecule has 3 amide bonds. The maximum absolute atomic E-state index is 13.5. The molecule has 1 aromatic rings. The molecule has 2 saturated heterocycles. The van der Waals surface area contributed by atoms with Crippen LogP contribution in [-0.4, -0.2) is 57.7 Å². The van der Waals surface area contributed by atoms with Crippen LogP contribution in [0.4, 0.5) is 38.9 Å². The highest BCUT2D eigenvalue weighted by Crippen LogP contribution is 2.40. The van der Waals surface area contributed by atoms with Gasteiger partial charge in [-0.25, -0.2) is 14.4 Å². The zero-order valence-corrected chi connectivity index (χ0v) is 14.6. The van der Waals surface area contributed by atoms with E-state index in [-0.39, 0.29) is 37.7 Å². The van der Waals surface area contributed by atoms with Crippen molar-refractivity contribution in [3.05, 3.63) is 23.8 Å². The number of nitrogens with one attached hydrogen (secondary N) is 1. The van der Waals surface area contributed by atoms with Crippen molar-refractivity contribution in [2.45, 2.75) is 12.3 Å². The zero-order valence-electron chi connectivity index (χ0n) is 14.6. The molecule has 0 unspecified atom stereocenters. The number of halogens is 3. The van der Waals surface area contributed by atoms with Gasteiger partial charge in [0, 0.05) is 12.7 Å². The number of rotatable bonds is 4. The van der Waals surface area contributed by atoms with Crippen LogP contribution in [0.25, 0.3) is 0 Å². The molecule has 9 nitrogen and oxygen atoms in total. The Kier molecular flexibility index (Phi) is 5.21. The van der Waals surface area contributed by atoms with Crippen molar-refractivity contribution in [2.75, 3.05) is 43.2 Å². The summed E-state index contributed by atoms with van der Waals surface area (Å²) < 4.78 is 55.1. The minimum Gasteiger partial charge on any atom is -0.447 e. The second kappa shape index (κ2) is 7.44. The molecule has 2 fully saturated rings. The third kappa shape index (κ3) is 3.89. The van der Waals surface area contributed by atoms with Crippen molar-refractivity contribution in [3.63, 3.8) is 0 Å². The first kappa shape index (κ1) is 19.6. The Labute approximate surface area is 156 Å². The van der Waals surface area contributed by atoms with E-state index in [4.69, 9.17) is 14.2 Å². The van der Waals surface area contributed by atoms with Gasteiger partial charge in [-0.3, -0.25) is 9.80 Å². The zero-order chi connectivity index (χ0) is 20.5. The monoisotopic (exact) mass is 403 g/mol. The van der Waals surface area contributed by atoms with Gasteiger partial charge in [-0.05, 0) is 18.2 Å². The Hall–Kier alpha value is -3.18. The quantitative estimate of drug-likeness (QED) is 0.776. The number of alkyl carbamates (subject to hydrolysis) is 1. The molecule has 0 bridgehead atoms. The minimum absolute atomic E-state index is 0.00801. The number of carbonyl (C=O) groups is 3. The topological polar surface area (TPSA) is 97.4 Å². The Morgan fingerprint density at radius 3 is 2.64 bits per heavy atom. The average molecular weight is 403 g/mol. The summed E-state index contributed by atoms with van der Waals surface area (Å²) in [5, 5.41) is 2.22. The largest absolute Gasteiger partial charge is 0.447 e. The van der Waals surface area contributed by atoms with Crippen LogP contribution in [0.1, 0.15) is 5.56 Å². The van der Waals surface area contributed by atoms with Gasteiger partial charge in [0.05, 0.1) is 24.3 Å². The summed E-state index contributed by atoms with van der Waals surface area (Å²) in [7, 11) is 1.35. The van der Waals surface area contributed by atoms with Gasteiger partial charge in [0.15, 0.2) is 6.10 Å². The molecular formula is C16H16F3N3O6. The summed E-state index contributed by atoms with van der Waals surface area (Å²) in [5.41, 5.74) is -1.50. The van der Waals surface area contributed by atoms with Crippen LogP contribution in [0.5, 0.6) is 0 Å². The lowest BCUT2D eigenvalue weighted by molar-refractivity contribution is -0.137. The molecule has 0 aromatic heterocycles. The number of carbonyl (C=O) groups excluding carboxylic acids is 3. The van der Waals surface area contributed by atoms with Gasteiger partial charge in [0.25, 0.3) is 0 Å². The van der Waals surface area contributed by atoms with Gasteiger partial charge in [-0.2, -0.15) is 13.2 Å². The van der Waals surface area contributed by atoms with Crippen LogP contribution in [0.3, 0.4) is 0 Å². The summed E-state index contributed by atoms with van der Waals surface area (Å²) in [6, 6.07) is 3.15. The van der Waals surface area contributed by atoms with Crippen molar-refractivity contribution >= 4 is 29.7 Å². The average Bonchev–Trinajstić information content (AvgIpc) is 3.23. The number of ether oxygens (including phenoxy) is 3. The number of hydrogen-bond acceptors (Lipinski definition) is 6. The van der Waals surface area contributed by atoms with E-state index in [1.165, 1.54) is 13.1 Å². The Morgan fingerprint density at radius 2 is 2.04 bits per heavy atom. The summed E-state index contributed by atoms with van der Waals surface area (Å²) in [6.45, 7) is -0.362. The Morgan fingerprint density at radius 1 is 1.29 bits per heavy atom. The molecule has 152 valence electrons. The molecule has 0 saturated carbocycles. The lowest BCUT2D eigenvalue weighted by Crippen LogP contribution is -2.29. The number of benzene rings is 1. The molecule has 28 heavy (non-hydrogen) atoms. The van der Waals surface area contributed by atoms with E-state index in [9.17, 15) is 27.6 Å². The third-order valence-electron chi connectivity index (χ3n) is 4.13. The molecule has 2 aliphatic rings. The van der Waals surface area contributed by atoms with Crippen LogP contribution in [0.15, 0.2) is 18.2 Å². The Bertz CT molecular complexity index is 800. The molecule has 3 rings (SSSR count). The third-order valence-corrected chi connectivity index (χ3v) is 4.13. The van der Waals surface area contributed by atoms with Gasteiger partial charge in [-0.1, -0.05) is 0 Å². The highest BCUT2D eigenvalue weighted by molar-refractivity contribution is 5.93. The second-order valence-electron chi connectivity index (χ2n) is 5.93. The SMILES string of the molecule is CNC(=O)OC[C@@H]1CN(c2ccc(N3CCOC3=O)c(C(F)(F)F)c2)C(=O)O1. The first-order valence-corrected chi connectivity index (χ1v) is 8.19. The molecule has 2 aliphatic heterocycles. The fourth-order valence-electron chi connectivity index (χ4n) is 2.83. The van der Waals surface area contributed by atoms with E-state index in [0.29, 0.717) is 0 Å². The molecule has 1 N–H and O–H groups in total. The van der Waals surface area contributed by atoms with E-state index < -0.39 is 36.1 Å². The van der Waals surface area contributed by atoms with Gasteiger partial charge in [0.2, 0.25) is 0 Å². The smallest absolute Gasteiger partial charge is 0.418 e. The minimum atomic E-state index is -4.76. The standard InChI is InChI=1S/C16H16F3N3O6/c1-20-13(23)27-8-10-7-22(15(25)28-10)9-2-3-12(11(6-9)16(17,18)19)21-4-5-26-14(21)24/h2-3,6,10H,4-5,7-8H2,1H3,(H,20,23)/t10-/m0/s1. The number of amides is 3. The highest BCUT2D eigenvalue weighted by Gasteiger charge is 2.40. The summed E-state index contributed by atoms with van der Waals surface area (Å²) in [4.78, 5) is 36.7. The van der Waals surface area contributed by atoms with Gasteiger partial charge < -0.3 is 19.5 Å². The number of hydrogen-bond donors (Lipinski definition) is 1. The predicted molar refractivity (Wildman–Crippen MR) is 88.2 cm³/mol. The van der Waals surface area contributed by atoms with Crippen molar-refractivity contribution < 1.29 is 41.8 Å². The number of alkyl halides is 3. The molecule has 0 radical (unpaired) electrons. The van der Waals surface area contributed by atoms with E-state index in [2.05, 4.69) is 5.32 Å². The first-order valence-electron chi connectivity index (χ1n) is 8.19. The highest BCUT2D eigenvalue weighted by atomic mass is 19.4. The van der Waals surface area contributed by atoms with E-state index >= 15 is 0 Å². The van der Waals surface area contributed by atoms with Crippen LogP contribution in [-0.2, 0) is 20.4 Å². The van der Waals surface area contributed by atoms with Crippen molar-refractivity contribution in [2.24, 2.45) is 0 Å². The second-order valence-corrected chi connectivity index (χ2v) is 5.93. The van der Waals surface area contributed by atoms with Crippen molar-refractivity contribution in [1.82, 2.24) is 5.32 Å². The molecule has 0 aliphatic carbocycles. The van der Waals surface area contributed by atoms with E-state index in [1.54, 1.807) is 0 Å². The molecule has 1 aromatic carbocycles. The van der Waals surface area contributed by atoms with E-state index in [1.807, 2.05) is 0 Å². The van der Waals surface area contributed by atoms with Crippen LogP contribution >= 0.6 is 0 Å². The molecule has 12 heteroatoms. The van der Waals surface area contributed by atoms with Gasteiger partial charge in [0.1, 0.15) is 13.2 Å². The number of cyclic esters (lactones) is 2. The van der Waals surface area contributed by atoms with Gasteiger partial charge >= 0.3 is 24.5 Å². The summed E-state index contributed by atoms with van der Waals surface area (Å²) in [5.74, 6) is 0.